The summed E-state index contributed by atoms with van der Waals surface area (Å²) in [5, 5.41) is 4.05. The van der Waals surface area contributed by atoms with E-state index < -0.39 is 6.04 Å². The molecule has 0 spiro atoms. The molecule has 1 unspecified atom stereocenters. The minimum Gasteiger partial charge on any atom is -0.483 e. The Hall–Kier alpha value is -2.24. The van der Waals surface area contributed by atoms with Crippen molar-refractivity contribution in [2.75, 3.05) is 6.61 Å². The van der Waals surface area contributed by atoms with Gasteiger partial charge < -0.3 is 15.0 Å². The highest BCUT2D eigenvalue weighted by molar-refractivity contribution is 6.36. The molecule has 0 radical (unpaired) electrons. The predicted octanol–water partition coefficient (Wildman–Crippen LogP) is 5.86. The van der Waals surface area contributed by atoms with Gasteiger partial charge in [0.2, 0.25) is 5.91 Å². The van der Waals surface area contributed by atoms with Gasteiger partial charge in [-0.1, -0.05) is 66.7 Å². The maximum absolute atomic E-state index is 13.4. The molecule has 0 aromatic heterocycles. The molecule has 3 rings (SSSR count). The lowest BCUT2D eigenvalue weighted by atomic mass is 10.1. The molecule has 33 heavy (non-hydrogen) atoms. The van der Waals surface area contributed by atoms with Gasteiger partial charge in [-0.05, 0) is 56.9 Å². The smallest absolute Gasteiger partial charge is 0.261 e. The van der Waals surface area contributed by atoms with E-state index in [-0.39, 0.29) is 31.0 Å². The van der Waals surface area contributed by atoms with Crippen molar-refractivity contribution in [3.63, 3.8) is 0 Å². The van der Waals surface area contributed by atoms with E-state index in [1.54, 1.807) is 23.1 Å². The second-order valence-corrected chi connectivity index (χ2v) is 9.51. The second kappa shape index (κ2) is 11.8. The van der Waals surface area contributed by atoms with Crippen LogP contribution in [0.1, 0.15) is 55.7 Å². The Kier molecular flexibility index (Phi) is 9.04. The van der Waals surface area contributed by atoms with Crippen LogP contribution in [0.2, 0.25) is 10.0 Å². The van der Waals surface area contributed by atoms with Crippen LogP contribution in [0.5, 0.6) is 5.75 Å². The lowest BCUT2D eigenvalue weighted by molar-refractivity contribution is -0.143. The topological polar surface area (TPSA) is 58.6 Å². The normalized spacial score (nSPS) is 14.7. The monoisotopic (exact) mass is 490 g/mol. The molecule has 1 fully saturated rings. The molecular formula is C26H32Cl2N2O3. The van der Waals surface area contributed by atoms with Gasteiger partial charge in [0.25, 0.3) is 5.91 Å². The van der Waals surface area contributed by atoms with E-state index in [0.717, 1.165) is 36.8 Å². The number of nitrogens with one attached hydrogen (secondary N) is 1. The number of halogens is 2. The van der Waals surface area contributed by atoms with Crippen LogP contribution >= 0.6 is 23.2 Å². The van der Waals surface area contributed by atoms with Crippen molar-refractivity contribution in [2.24, 2.45) is 0 Å². The average Bonchev–Trinajstić information content (AvgIpc) is 3.27. The van der Waals surface area contributed by atoms with Crippen molar-refractivity contribution in [3.05, 3.63) is 63.1 Å². The first-order valence-electron chi connectivity index (χ1n) is 11.5. The fraction of sp³-hybridized carbons (Fsp3) is 0.462. The van der Waals surface area contributed by atoms with E-state index in [9.17, 15) is 9.59 Å². The Labute approximate surface area is 206 Å². The van der Waals surface area contributed by atoms with Crippen LogP contribution in [0.15, 0.2) is 36.4 Å². The molecule has 2 amide bonds. The lowest BCUT2D eigenvalue weighted by Crippen LogP contribution is -2.52. The molecule has 1 saturated carbocycles. The summed E-state index contributed by atoms with van der Waals surface area (Å²) < 4.78 is 5.85. The first-order valence-corrected chi connectivity index (χ1v) is 12.3. The molecule has 2 aromatic rings. The number of carbonyl (C=O) groups excluding carboxylic acids is 2. The Morgan fingerprint density at radius 3 is 2.39 bits per heavy atom. The van der Waals surface area contributed by atoms with Crippen molar-refractivity contribution < 1.29 is 14.3 Å². The van der Waals surface area contributed by atoms with E-state index in [4.69, 9.17) is 27.9 Å². The van der Waals surface area contributed by atoms with Crippen LogP contribution < -0.4 is 10.1 Å². The first kappa shape index (κ1) is 25.4. The van der Waals surface area contributed by atoms with Crippen molar-refractivity contribution >= 4 is 35.0 Å². The van der Waals surface area contributed by atoms with E-state index in [1.165, 1.54) is 0 Å². The van der Waals surface area contributed by atoms with Crippen molar-refractivity contribution in [2.45, 2.75) is 71.5 Å². The van der Waals surface area contributed by atoms with Crippen LogP contribution in [0.4, 0.5) is 0 Å². The van der Waals surface area contributed by atoms with Gasteiger partial charge >= 0.3 is 0 Å². The van der Waals surface area contributed by atoms with Gasteiger partial charge in [0.1, 0.15) is 11.8 Å². The molecule has 0 aliphatic heterocycles. The van der Waals surface area contributed by atoms with Gasteiger partial charge in [0, 0.05) is 28.2 Å². The molecule has 1 aliphatic rings. The number of amides is 2. The molecular weight excluding hydrogens is 459 g/mol. The minimum atomic E-state index is -0.645. The fourth-order valence-corrected chi connectivity index (χ4v) is 4.84. The number of aryl methyl sites for hydroxylation is 2. The van der Waals surface area contributed by atoms with Crippen LogP contribution in [-0.4, -0.2) is 35.4 Å². The van der Waals surface area contributed by atoms with Crippen molar-refractivity contribution in [1.29, 1.82) is 0 Å². The van der Waals surface area contributed by atoms with Gasteiger partial charge in [-0.2, -0.15) is 0 Å². The van der Waals surface area contributed by atoms with Gasteiger partial charge in [-0.3, -0.25) is 9.59 Å². The van der Waals surface area contributed by atoms with Gasteiger partial charge in [-0.25, -0.2) is 0 Å². The number of hydrogen-bond acceptors (Lipinski definition) is 3. The lowest BCUT2D eigenvalue weighted by Gasteiger charge is -2.32. The number of ether oxygens (including phenoxy) is 1. The number of nitrogens with zero attached hydrogens (tertiary/aromatic N) is 1. The first-order chi connectivity index (χ1) is 15.8. The third kappa shape index (κ3) is 6.64. The number of rotatable bonds is 9. The van der Waals surface area contributed by atoms with Gasteiger partial charge in [0.05, 0.1) is 0 Å². The fourth-order valence-electron chi connectivity index (χ4n) is 4.32. The summed E-state index contributed by atoms with van der Waals surface area (Å²) in [6, 6.07) is 10.6. The predicted molar refractivity (Wildman–Crippen MR) is 133 cm³/mol. The zero-order chi connectivity index (χ0) is 24.0. The van der Waals surface area contributed by atoms with Crippen molar-refractivity contribution in [3.8, 4) is 5.75 Å². The summed E-state index contributed by atoms with van der Waals surface area (Å²) in [4.78, 5) is 28.1. The Bertz CT molecular complexity index is 969. The third-order valence-corrected chi connectivity index (χ3v) is 6.87. The molecule has 1 atom stereocenters. The van der Waals surface area contributed by atoms with Crippen LogP contribution in [-0.2, 0) is 16.1 Å². The third-order valence-electron chi connectivity index (χ3n) is 6.16. The zero-order valence-corrected chi connectivity index (χ0v) is 21.0. The highest BCUT2D eigenvalue weighted by Crippen LogP contribution is 2.28. The van der Waals surface area contributed by atoms with E-state index in [1.807, 2.05) is 39.0 Å². The average molecular weight is 491 g/mol. The highest BCUT2D eigenvalue weighted by atomic mass is 35.5. The number of carbonyl (C=O) groups is 2. The van der Waals surface area contributed by atoms with Crippen LogP contribution in [0.3, 0.4) is 0 Å². The Morgan fingerprint density at radius 1 is 1.12 bits per heavy atom. The molecule has 1 N–H and O–H groups in total. The summed E-state index contributed by atoms with van der Waals surface area (Å²) >= 11 is 12.8. The Balaban J connectivity index is 1.82. The van der Waals surface area contributed by atoms with Crippen LogP contribution in [0, 0.1) is 13.8 Å². The summed E-state index contributed by atoms with van der Waals surface area (Å²) in [7, 11) is 0. The largest absolute Gasteiger partial charge is 0.483 e. The molecule has 2 aromatic carbocycles. The molecule has 5 nitrogen and oxygen atoms in total. The number of benzene rings is 2. The molecule has 1 aliphatic carbocycles. The number of hydrogen-bond donors (Lipinski definition) is 1. The molecule has 0 saturated heterocycles. The summed E-state index contributed by atoms with van der Waals surface area (Å²) in [6.45, 7) is 5.80. The molecule has 0 bridgehead atoms. The van der Waals surface area contributed by atoms with E-state index in [0.29, 0.717) is 27.8 Å². The molecule has 178 valence electrons. The SMILES string of the molecule is CCC(C(=O)NC1CCCC1)N(Cc1c(Cl)cccc1Cl)C(=O)COc1ccc(C)cc1C. The quantitative estimate of drug-likeness (QED) is 0.479. The Morgan fingerprint density at radius 2 is 1.79 bits per heavy atom. The second-order valence-electron chi connectivity index (χ2n) is 8.69. The summed E-state index contributed by atoms with van der Waals surface area (Å²) in [5.41, 5.74) is 2.69. The highest BCUT2D eigenvalue weighted by Gasteiger charge is 2.31. The summed E-state index contributed by atoms with van der Waals surface area (Å²) in [5.74, 6) is 0.208. The maximum atomic E-state index is 13.4. The minimum absolute atomic E-state index is 0.129. The maximum Gasteiger partial charge on any atom is 0.261 e. The van der Waals surface area contributed by atoms with E-state index >= 15 is 0 Å². The molecule has 7 heteroatoms. The van der Waals surface area contributed by atoms with Gasteiger partial charge in [0.15, 0.2) is 6.61 Å². The standard InChI is InChI=1S/C26H32Cl2N2O3/c1-4-23(26(32)29-19-8-5-6-9-19)30(15-20-21(27)10-7-11-22(20)28)25(31)16-33-24-13-12-17(2)14-18(24)3/h7,10-14,19,23H,4-6,8-9,15-16H2,1-3H3,(H,29,32). The molecule has 0 heterocycles. The summed E-state index contributed by atoms with van der Waals surface area (Å²) in [6.07, 6.45) is 4.65. The van der Waals surface area contributed by atoms with Crippen molar-refractivity contribution in [1.82, 2.24) is 10.2 Å². The van der Waals surface area contributed by atoms with Crippen LogP contribution in [0.25, 0.3) is 0 Å². The van der Waals surface area contributed by atoms with Gasteiger partial charge in [-0.15, -0.1) is 0 Å². The van der Waals surface area contributed by atoms with E-state index in [2.05, 4.69) is 5.32 Å². The zero-order valence-electron chi connectivity index (χ0n) is 19.5.